The Bertz CT molecular complexity index is 441. The van der Waals surface area contributed by atoms with Gasteiger partial charge in [-0.2, -0.15) is 5.26 Å². The van der Waals surface area contributed by atoms with Gasteiger partial charge in [0.1, 0.15) is 12.4 Å². The Morgan fingerprint density at radius 1 is 1.59 bits per heavy atom. The van der Waals surface area contributed by atoms with Gasteiger partial charge in [0.25, 0.3) is 0 Å². The van der Waals surface area contributed by atoms with Gasteiger partial charge in [0.05, 0.1) is 18.0 Å². The molecule has 0 bridgehead atoms. The van der Waals surface area contributed by atoms with E-state index in [1.165, 1.54) is 0 Å². The molecule has 0 amide bonds. The van der Waals surface area contributed by atoms with Crippen molar-refractivity contribution in [1.29, 1.82) is 5.26 Å². The third kappa shape index (κ3) is 4.06. The fraction of sp³-hybridized carbons (Fsp3) is 0.250. The van der Waals surface area contributed by atoms with Gasteiger partial charge in [0, 0.05) is 17.7 Å². The van der Waals surface area contributed by atoms with Crippen molar-refractivity contribution in [1.82, 2.24) is 0 Å². The first kappa shape index (κ1) is 15.4. The van der Waals surface area contributed by atoms with Crippen molar-refractivity contribution >= 4 is 12.4 Å². The summed E-state index contributed by atoms with van der Waals surface area (Å²) in [6, 6.07) is 7.23. The van der Waals surface area contributed by atoms with Crippen LogP contribution in [0.2, 0.25) is 0 Å². The van der Waals surface area contributed by atoms with Crippen LogP contribution in [0.1, 0.15) is 11.1 Å². The average molecular weight is 257 g/mol. The van der Waals surface area contributed by atoms with Crippen LogP contribution >= 0.6 is 12.4 Å². The molecule has 2 N–H and O–H groups in total. The summed E-state index contributed by atoms with van der Waals surface area (Å²) in [7, 11) is 0. The molecule has 0 fully saturated rings. The van der Waals surface area contributed by atoms with Gasteiger partial charge in [-0.15, -0.1) is 12.4 Å². The molecule has 1 rings (SSSR count). The highest BCUT2D eigenvalue weighted by atomic mass is 35.5. The van der Waals surface area contributed by atoms with E-state index in [0.717, 1.165) is 5.56 Å². The Hall–Kier alpha value is -1.57. The SMILES string of the molecule is Cc1c(C#N)cccc1OCC(=CF)CN.Cl. The van der Waals surface area contributed by atoms with Gasteiger partial charge in [0.2, 0.25) is 0 Å². The summed E-state index contributed by atoms with van der Waals surface area (Å²) in [4.78, 5) is 0. The molecule has 0 aromatic heterocycles. The Kier molecular flexibility index (Phi) is 6.95. The molecule has 0 saturated heterocycles. The summed E-state index contributed by atoms with van der Waals surface area (Å²) >= 11 is 0. The van der Waals surface area contributed by atoms with Crippen molar-refractivity contribution in [3.05, 3.63) is 41.2 Å². The predicted molar refractivity (Wildman–Crippen MR) is 66.9 cm³/mol. The molecule has 0 aliphatic rings. The maximum Gasteiger partial charge on any atom is 0.124 e. The van der Waals surface area contributed by atoms with E-state index in [0.29, 0.717) is 23.2 Å². The number of hydrogen-bond donors (Lipinski definition) is 1. The molecule has 0 radical (unpaired) electrons. The first-order valence-corrected chi connectivity index (χ1v) is 4.83. The van der Waals surface area contributed by atoms with E-state index < -0.39 is 0 Å². The number of nitrogens with two attached hydrogens (primary N) is 1. The lowest BCUT2D eigenvalue weighted by Gasteiger charge is -2.10. The first-order valence-electron chi connectivity index (χ1n) is 4.83. The molecule has 0 spiro atoms. The predicted octanol–water partition coefficient (Wildman–Crippen LogP) is 2.48. The quantitative estimate of drug-likeness (QED) is 0.900. The zero-order valence-corrected chi connectivity index (χ0v) is 10.3. The number of halogens is 2. The number of nitrogens with zero attached hydrogens (tertiary/aromatic N) is 1. The first-order chi connectivity index (χ1) is 7.72. The van der Waals surface area contributed by atoms with E-state index in [9.17, 15) is 4.39 Å². The highest BCUT2D eigenvalue weighted by Gasteiger charge is 2.05. The Morgan fingerprint density at radius 3 is 2.82 bits per heavy atom. The number of hydrogen-bond acceptors (Lipinski definition) is 3. The molecule has 0 unspecified atom stereocenters. The Labute approximate surface area is 106 Å². The topological polar surface area (TPSA) is 59.0 Å². The normalized spacial score (nSPS) is 10.4. The second-order valence-electron chi connectivity index (χ2n) is 3.30. The van der Waals surface area contributed by atoms with E-state index in [-0.39, 0.29) is 25.6 Å². The van der Waals surface area contributed by atoms with Crippen molar-refractivity contribution in [3.8, 4) is 11.8 Å². The summed E-state index contributed by atoms with van der Waals surface area (Å²) < 4.78 is 17.6. The smallest absolute Gasteiger partial charge is 0.124 e. The summed E-state index contributed by atoms with van der Waals surface area (Å²) in [6.07, 6.45) is 0.448. The third-order valence-electron chi connectivity index (χ3n) is 2.23. The largest absolute Gasteiger partial charge is 0.489 e. The van der Waals surface area contributed by atoms with Gasteiger partial charge in [-0.3, -0.25) is 0 Å². The summed E-state index contributed by atoms with van der Waals surface area (Å²) in [5, 5.41) is 8.82. The second-order valence-corrected chi connectivity index (χ2v) is 3.30. The maximum atomic E-state index is 12.2. The summed E-state index contributed by atoms with van der Waals surface area (Å²) in [5.74, 6) is 0.576. The third-order valence-corrected chi connectivity index (χ3v) is 2.23. The van der Waals surface area contributed by atoms with E-state index in [4.69, 9.17) is 15.7 Å². The van der Waals surface area contributed by atoms with Crippen molar-refractivity contribution in [3.63, 3.8) is 0 Å². The van der Waals surface area contributed by atoms with Crippen molar-refractivity contribution < 1.29 is 9.13 Å². The van der Waals surface area contributed by atoms with Gasteiger partial charge >= 0.3 is 0 Å². The summed E-state index contributed by atoms with van der Waals surface area (Å²) in [5.41, 5.74) is 6.98. The van der Waals surface area contributed by atoms with Crippen LogP contribution in [0.4, 0.5) is 4.39 Å². The number of benzene rings is 1. The zero-order chi connectivity index (χ0) is 12.0. The van der Waals surface area contributed by atoms with Crippen LogP contribution in [0.15, 0.2) is 30.1 Å². The van der Waals surface area contributed by atoms with Crippen LogP contribution in [-0.4, -0.2) is 13.2 Å². The molecule has 0 saturated carbocycles. The fourth-order valence-corrected chi connectivity index (χ4v) is 1.20. The number of rotatable bonds is 4. The van der Waals surface area contributed by atoms with E-state index in [2.05, 4.69) is 6.07 Å². The van der Waals surface area contributed by atoms with Gasteiger partial charge in [-0.05, 0) is 19.1 Å². The minimum absolute atomic E-state index is 0. The molecule has 0 aliphatic heterocycles. The fourth-order valence-electron chi connectivity index (χ4n) is 1.20. The average Bonchev–Trinajstić information content (AvgIpc) is 2.32. The van der Waals surface area contributed by atoms with Gasteiger partial charge < -0.3 is 10.5 Å². The van der Waals surface area contributed by atoms with E-state index in [1.54, 1.807) is 25.1 Å². The lowest BCUT2D eigenvalue weighted by Crippen LogP contribution is -2.11. The zero-order valence-electron chi connectivity index (χ0n) is 9.44. The highest BCUT2D eigenvalue weighted by Crippen LogP contribution is 2.21. The molecule has 92 valence electrons. The van der Waals surface area contributed by atoms with Crippen molar-refractivity contribution in [2.24, 2.45) is 5.73 Å². The Morgan fingerprint density at radius 2 is 2.29 bits per heavy atom. The lowest BCUT2D eigenvalue weighted by atomic mass is 10.1. The summed E-state index contributed by atoms with van der Waals surface area (Å²) in [6.45, 7) is 2.01. The lowest BCUT2D eigenvalue weighted by molar-refractivity contribution is 0.345. The molecule has 5 heteroatoms. The Balaban J connectivity index is 0.00000256. The van der Waals surface area contributed by atoms with Crippen LogP contribution in [0.3, 0.4) is 0 Å². The molecule has 0 heterocycles. The second kappa shape index (κ2) is 7.66. The van der Waals surface area contributed by atoms with Crippen LogP contribution < -0.4 is 10.5 Å². The monoisotopic (exact) mass is 256 g/mol. The minimum atomic E-state index is 0. The molecular weight excluding hydrogens is 243 g/mol. The number of ether oxygens (including phenoxy) is 1. The molecule has 1 aromatic carbocycles. The van der Waals surface area contributed by atoms with E-state index in [1.807, 2.05) is 0 Å². The van der Waals surface area contributed by atoms with Crippen LogP contribution in [0.5, 0.6) is 5.75 Å². The molecule has 1 aromatic rings. The maximum absolute atomic E-state index is 12.2. The van der Waals surface area contributed by atoms with Crippen molar-refractivity contribution in [2.45, 2.75) is 6.92 Å². The van der Waals surface area contributed by atoms with Crippen molar-refractivity contribution in [2.75, 3.05) is 13.2 Å². The standard InChI is InChI=1S/C12H13FN2O.ClH/c1-9-11(7-15)3-2-4-12(9)16-8-10(5-13)6-14;/h2-5H,6,8,14H2,1H3;1H. The van der Waals surface area contributed by atoms with Gasteiger partial charge in [0.15, 0.2) is 0 Å². The van der Waals surface area contributed by atoms with Gasteiger partial charge in [-0.25, -0.2) is 4.39 Å². The molecule has 17 heavy (non-hydrogen) atoms. The van der Waals surface area contributed by atoms with Gasteiger partial charge in [-0.1, -0.05) is 6.07 Å². The van der Waals surface area contributed by atoms with E-state index >= 15 is 0 Å². The van der Waals surface area contributed by atoms with Crippen LogP contribution in [0, 0.1) is 18.3 Å². The van der Waals surface area contributed by atoms with Crippen LogP contribution in [0.25, 0.3) is 0 Å². The highest BCUT2D eigenvalue weighted by molar-refractivity contribution is 5.85. The molecule has 3 nitrogen and oxygen atoms in total. The molecule has 0 aliphatic carbocycles. The minimum Gasteiger partial charge on any atom is -0.489 e. The molecule has 0 atom stereocenters. The molecular formula is C12H14ClFN2O. The van der Waals surface area contributed by atoms with Crippen LogP contribution in [-0.2, 0) is 0 Å². The number of nitriles is 1.